The smallest absolute Gasteiger partial charge is 0.228 e. The monoisotopic (exact) mass is 319 g/mol. The highest BCUT2D eigenvalue weighted by Gasteiger charge is 2.44. The van der Waals surface area contributed by atoms with Gasteiger partial charge in [-0.3, -0.25) is 9.89 Å². The summed E-state index contributed by atoms with van der Waals surface area (Å²) in [6.45, 7) is 4.29. The van der Waals surface area contributed by atoms with Crippen LogP contribution in [0.25, 0.3) is 10.9 Å². The van der Waals surface area contributed by atoms with Gasteiger partial charge in [-0.05, 0) is 41.5 Å². The number of nitrogens with zero attached hydrogens (tertiary/aromatic N) is 1. The van der Waals surface area contributed by atoms with Crippen LogP contribution < -0.4 is 5.32 Å². The van der Waals surface area contributed by atoms with Gasteiger partial charge in [0.05, 0.1) is 11.7 Å². The summed E-state index contributed by atoms with van der Waals surface area (Å²) in [6.07, 6.45) is 2.73. The van der Waals surface area contributed by atoms with E-state index in [4.69, 9.17) is 0 Å². The van der Waals surface area contributed by atoms with E-state index in [0.29, 0.717) is 11.8 Å². The van der Waals surface area contributed by atoms with E-state index in [9.17, 15) is 4.79 Å². The molecule has 0 radical (unpaired) electrons. The number of hydrogen-bond donors (Lipinski definition) is 2. The Morgan fingerprint density at radius 3 is 2.92 bits per heavy atom. The Morgan fingerprint density at radius 2 is 2.08 bits per heavy atom. The van der Waals surface area contributed by atoms with Crippen LogP contribution in [-0.2, 0) is 4.79 Å². The topological polar surface area (TPSA) is 57.8 Å². The van der Waals surface area contributed by atoms with Gasteiger partial charge in [0.25, 0.3) is 0 Å². The fourth-order valence-corrected chi connectivity index (χ4v) is 3.38. The quantitative estimate of drug-likeness (QED) is 0.747. The van der Waals surface area contributed by atoms with Crippen molar-refractivity contribution in [1.82, 2.24) is 10.2 Å². The highest BCUT2D eigenvalue weighted by molar-refractivity contribution is 5.96. The Balaban J connectivity index is 1.49. The first kappa shape index (κ1) is 14.9. The number of para-hydroxylation sites is 1. The van der Waals surface area contributed by atoms with Gasteiger partial charge in [0, 0.05) is 17.0 Å². The molecule has 1 fully saturated rings. The summed E-state index contributed by atoms with van der Waals surface area (Å²) in [6, 6.07) is 14.3. The molecule has 1 aliphatic carbocycles. The molecule has 1 amide bonds. The van der Waals surface area contributed by atoms with Crippen LogP contribution in [0, 0.1) is 5.92 Å². The van der Waals surface area contributed by atoms with Gasteiger partial charge in [-0.1, -0.05) is 44.2 Å². The average molecular weight is 319 g/mol. The highest BCUT2D eigenvalue weighted by Crippen LogP contribution is 2.48. The molecule has 0 aliphatic heterocycles. The molecule has 2 N–H and O–H groups in total. The summed E-state index contributed by atoms with van der Waals surface area (Å²) in [5.74, 6) is 0.881. The summed E-state index contributed by atoms with van der Waals surface area (Å²) in [4.78, 5) is 12.6. The molecule has 24 heavy (non-hydrogen) atoms. The van der Waals surface area contributed by atoms with Gasteiger partial charge in [0.2, 0.25) is 5.91 Å². The molecule has 2 atom stereocenters. The van der Waals surface area contributed by atoms with Crippen LogP contribution in [0.2, 0.25) is 0 Å². The van der Waals surface area contributed by atoms with E-state index in [1.807, 2.05) is 24.4 Å². The lowest BCUT2D eigenvalue weighted by Gasteiger charge is -2.13. The van der Waals surface area contributed by atoms with Crippen LogP contribution in [0.15, 0.2) is 48.7 Å². The van der Waals surface area contributed by atoms with Gasteiger partial charge in [0.1, 0.15) is 0 Å². The van der Waals surface area contributed by atoms with Crippen molar-refractivity contribution in [2.75, 3.05) is 5.32 Å². The van der Waals surface area contributed by atoms with Crippen LogP contribution >= 0.6 is 0 Å². The lowest BCUT2D eigenvalue weighted by molar-refractivity contribution is -0.117. The zero-order valence-electron chi connectivity index (χ0n) is 13.9. The largest absolute Gasteiger partial charge is 0.326 e. The maximum Gasteiger partial charge on any atom is 0.228 e. The maximum atomic E-state index is 12.6. The van der Waals surface area contributed by atoms with E-state index < -0.39 is 0 Å². The Kier molecular flexibility index (Phi) is 3.60. The number of amides is 1. The first-order chi connectivity index (χ1) is 11.6. The summed E-state index contributed by atoms with van der Waals surface area (Å²) < 4.78 is 0. The molecular weight excluding hydrogens is 298 g/mol. The number of rotatable bonds is 4. The fraction of sp³-hybridized carbons (Fsp3) is 0.300. The summed E-state index contributed by atoms with van der Waals surface area (Å²) in [5.41, 5.74) is 4.36. The lowest BCUT2D eigenvalue weighted by Crippen LogP contribution is -2.16. The molecule has 1 aliphatic rings. The molecule has 0 spiro atoms. The second-order valence-corrected chi connectivity index (χ2v) is 6.90. The van der Waals surface area contributed by atoms with Crippen LogP contribution in [0.3, 0.4) is 0 Å². The van der Waals surface area contributed by atoms with Gasteiger partial charge in [-0.2, -0.15) is 5.10 Å². The van der Waals surface area contributed by atoms with Crippen molar-refractivity contribution in [2.24, 2.45) is 5.92 Å². The zero-order chi connectivity index (χ0) is 16.7. The van der Waals surface area contributed by atoms with Gasteiger partial charge in [0.15, 0.2) is 0 Å². The van der Waals surface area contributed by atoms with E-state index in [2.05, 4.69) is 53.6 Å². The SMILES string of the molecule is CC(C)c1ccccc1NC(=O)[C@@H]1C[C@H]1c1ccc2cn[nH]c2c1. The molecule has 122 valence electrons. The van der Waals surface area contributed by atoms with Crippen molar-refractivity contribution >= 4 is 22.5 Å². The molecule has 4 rings (SSSR count). The van der Waals surface area contributed by atoms with Crippen LogP contribution in [0.5, 0.6) is 0 Å². The molecule has 1 aromatic heterocycles. The number of nitrogens with one attached hydrogen (secondary N) is 2. The van der Waals surface area contributed by atoms with Gasteiger partial charge < -0.3 is 5.32 Å². The minimum absolute atomic E-state index is 0.0607. The molecule has 0 bridgehead atoms. The summed E-state index contributed by atoms with van der Waals surface area (Å²) in [5, 5.41) is 11.3. The zero-order valence-corrected chi connectivity index (χ0v) is 13.9. The van der Waals surface area contributed by atoms with E-state index in [0.717, 1.165) is 23.0 Å². The predicted molar refractivity (Wildman–Crippen MR) is 96.1 cm³/mol. The van der Waals surface area contributed by atoms with E-state index in [-0.39, 0.29) is 11.8 Å². The Morgan fingerprint density at radius 1 is 1.25 bits per heavy atom. The standard InChI is InChI=1S/C20H21N3O/c1-12(2)15-5-3-4-6-18(15)22-20(24)17-10-16(17)13-7-8-14-11-21-23-19(14)9-13/h3-9,11-12,16-17H,10H2,1-2H3,(H,21,23)(H,22,24)/t16-,17+/m0/s1. The Bertz CT molecular complexity index is 897. The highest BCUT2D eigenvalue weighted by atomic mass is 16.2. The molecule has 4 heteroatoms. The molecule has 1 heterocycles. The average Bonchev–Trinajstić information content (AvgIpc) is 3.25. The number of aromatic amines is 1. The molecule has 0 unspecified atom stereocenters. The number of fused-ring (bicyclic) bond motifs is 1. The first-order valence-corrected chi connectivity index (χ1v) is 8.46. The lowest BCUT2D eigenvalue weighted by atomic mass is 10.0. The normalized spacial score (nSPS) is 19.6. The van der Waals surface area contributed by atoms with Crippen molar-refractivity contribution < 1.29 is 4.79 Å². The minimum atomic E-state index is 0.0607. The number of aromatic nitrogens is 2. The first-order valence-electron chi connectivity index (χ1n) is 8.46. The predicted octanol–water partition coefficient (Wildman–Crippen LogP) is 4.43. The van der Waals surface area contributed by atoms with Crippen molar-refractivity contribution in [1.29, 1.82) is 0 Å². The second kappa shape index (κ2) is 5.78. The number of carbonyl (C=O) groups excluding carboxylic acids is 1. The van der Waals surface area contributed by atoms with Crippen LogP contribution in [0.4, 0.5) is 5.69 Å². The van der Waals surface area contributed by atoms with Gasteiger partial charge in [-0.25, -0.2) is 0 Å². The van der Waals surface area contributed by atoms with Crippen molar-refractivity contribution in [3.63, 3.8) is 0 Å². The fourth-order valence-electron chi connectivity index (χ4n) is 3.38. The van der Waals surface area contributed by atoms with Crippen LogP contribution in [-0.4, -0.2) is 16.1 Å². The number of carbonyl (C=O) groups is 1. The van der Waals surface area contributed by atoms with Crippen molar-refractivity contribution in [3.05, 3.63) is 59.8 Å². The third-order valence-corrected chi connectivity index (χ3v) is 4.86. The number of anilines is 1. The minimum Gasteiger partial charge on any atom is -0.326 e. The molecule has 3 aromatic rings. The third-order valence-electron chi connectivity index (χ3n) is 4.86. The second-order valence-electron chi connectivity index (χ2n) is 6.90. The van der Waals surface area contributed by atoms with Crippen molar-refractivity contribution in [2.45, 2.75) is 32.1 Å². The van der Waals surface area contributed by atoms with E-state index in [1.54, 1.807) is 0 Å². The maximum absolute atomic E-state index is 12.6. The Hall–Kier alpha value is -2.62. The number of benzene rings is 2. The van der Waals surface area contributed by atoms with Gasteiger partial charge in [-0.15, -0.1) is 0 Å². The number of H-pyrrole nitrogens is 1. The summed E-state index contributed by atoms with van der Waals surface area (Å²) >= 11 is 0. The molecule has 2 aromatic carbocycles. The molecule has 0 saturated heterocycles. The third kappa shape index (κ3) is 2.68. The van der Waals surface area contributed by atoms with E-state index in [1.165, 1.54) is 11.1 Å². The van der Waals surface area contributed by atoms with Crippen molar-refractivity contribution in [3.8, 4) is 0 Å². The molecular formula is C20H21N3O. The Labute approximate surface area is 141 Å². The van der Waals surface area contributed by atoms with Crippen LogP contribution in [0.1, 0.15) is 43.2 Å². The van der Waals surface area contributed by atoms with Gasteiger partial charge >= 0.3 is 0 Å². The number of hydrogen-bond acceptors (Lipinski definition) is 2. The van der Waals surface area contributed by atoms with E-state index >= 15 is 0 Å². The molecule has 1 saturated carbocycles. The molecule has 4 nitrogen and oxygen atoms in total. The summed E-state index contributed by atoms with van der Waals surface area (Å²) in [7, 11) is 0.